The molecule has 8 N–H and O–H groups in total. The fourth-order valence-corrected chi connectivity index (χ4v) is 26.3. The number of allylic oxidation sites excluding steroid dienone is 4. The van der Waals surface area contributed by atoms with Crippen LogP contribution in [-0.4, -0.2) is 213 Å². The molecule has 0 aromatic heterocycles. The largest absolute Gasteiger partial charge is 0.387 e. The first kappa shape index (κ1) is 94.4. The Hall–Kier alpha value is -7.20. The van der Waals surface area contributed by atoms with Crippen molar-refractivity contribution >= 4 is 21.5 Å². The van der Waals surface area contributed by atoms with E-state index >= 15 is 0 Å². The van der Waals surface area contributed by atoms with E-state index in [1.165, 1.54) is 128 Å². The maximum absolute atomic E-state index is 11.4. The van der Waals surface area contributed by atoms with Gasteiger partial charge >= 0.3 is 0 Å². The van der Waals surface area contributed by atoms with Crippen molar-refractivity contribution in [2.45, 2.75) is 364 Å². The summed E-state index contributed by atoms with van der Waals surface area (Å²) in [5.74, 6) is 3.52. The van der Waals surface area contributed by atoms with Gasteiger partial charge in [-0.3, -0.25) is 0 Å². The van der Waals surface area contributed by atoms with Gasteiger partial charge in [0.1, 0.15) is 146 Å². The van der Waals surface area contributed by atoms with E-state index in [0.29, 0.717) is 47.3 Å². The molecule has 22 unspecified atom stereocenters. The van der Waals surface area contributed by atoms with Crippen molar-refractivity contribution < 1.29 is 117 Å². The number of hydrogen-bond donors (Lipinski definition) is 8. The maximum Gasteiger partial charge on any atom is 0.185 e. The van der Waals surface area contributed by atoms with Crippen molar-refractivity contribution in [2.24, 2.45) is 47.3 Å². The summed E-state index contributed by atoms with van der Waals surface area (Å²) in [7, 11) is 0. The molecule has 8 saturated carbocycles. The first-order valence-corrected chi connectivity index (χ1v) is 52.3. The highest BCUT2D eigenvalue weighted by atomic mass is 16.8. The van der Waals surface area contributed by atoms with Crippen LogP contribution in [0.25, 0.3) is 43.8 Å². The van der Waals surface area contributed by atoms with Gasteiger partial charge < -0.3 is 117 Å². The Bertz CT molecular complexity index is 4960. The van der Waals surface area contributed by atoms with Gasteiger partial charge in [0.05, 0.1) is 0 Å². The first-order chi connectivity index (χ1) is 67.7. The first-order valence-electron chi connectivity index (χ1n) is 52.3. The van der Waals surface area contributed by atoms with E-state index < -0.39 is 172 Å². The zero-order valence-electron chi connectivity index (χ0n) is 78.4. The standard InChI is InChI=1S/C32H28O6.C32H56O6.C28H24O6.C22H28O6/c33-25-27-28(36-31(35-27)23-15-11-21(12-16-23)19-7-3-1-4-8-19)26(34)30-29(25)37-32(38-30)24-17-13-22(14-18-24)20-9-5-2-6-10-20;33-25-27-28(36-31(35-27)23-19-15-11-7-3-1-4-8-12-16-20-23)26(34)30-29(25)37-32(38-30)24-21-17-13-9-5-2-6-10-14-18-22-24;29-21-23-24(32-27(31-23)19-13-5-9-15-7-1-3-11-17(15)19)22(30)26-25(21)33-28(34-26)20-14-6-10-16-8-2-4-12-18(16)20;23-15-17-18(26-21(25-17)13-7-9-1-3-11(13)5-9)16(24)20-19(15)27-22(28-20)14-8-10-2-4-12(14)6-10/h1-18,25-34H;23-34H,1-22H2;1-14,21-30H;1-4,9-24H,5-8H2/t2*25?,26?,27-,28-,29-,30+,31?,32?;21?,22?,23-,24-,25-,26+,27?,28?;9?,10?,11?,12?,13?,14?,15?,16?,17-,18-,19-,20+,21?,22?/m0000/s1. The van der Waals surface area contributed by atoms with Gasteiger partial charge in [0.15, 0.2) is 50.3 Å². The third-order valence-electron chi connectivity index (χ3n) is 33.7. The highest BCUT2D eigenvalue weighted by Gasteiger charge is 2.67. The Labute approximate surface area is 807 Å². The Balaban J connectivity index is 0.000000104. The minimum Gasteiger partial charge on any atom is -0.387 e. The van der Waals surface area contributed by atoms with Crippen LogP contribution in [0.4, 0.5) is 0 Å². The molecule has 736 valence electrons. The van der Waals surface area contributed by atoms with Gasteiger partial charge in [-0.2, -0.15) is 0 Å². The van der Waals surface area contributed by atoms with Crippen LogP contribution in [0.5, 0.6) is 0 Å². The molecule has 8 aromatic carbocycles. The van der Waals surface area contributed by atoms with E-state index in [-0.39, 0.29) is 25.2 Å². The summed E-state index contributed by atoms with van der Waals surface area (Å²) in [4.78, 5) is 0. The van der Waals surface area contributed by atoms with Gasteiger partial charge in [0, 0.05) is 45.9 Å². The van der Waals surface area contributed by atoms with Crippen LogP contribution in [0.1, 0.15) is 214 Å². The molecule has 18 aliphatic rings. The summed E-state index contributed by atoms with van der Waals surface area (Å²) >= 11 is 0. The molecule has 16 fully saturated rings. The van der Waals surface area contributed by atoms with Crippen LogP contribution in [0.3, 0.4) is 0 Å². The third kappa shape index (κ3) is 19.0. The molecule has 8 heterocycles. The molecule has 26 rings (SSSR count). The fraction of sp³-hybridized carbons (Fsp3) is 0.579. The summed E-state index contributed by atoms with van der Waals surface area (Å²) in [5.41, 5.74) is 7.80. The quantitative estimate of drug-likeness (QED) is 0.0590. The van der Waals surface area contributed by atoms with E-state index in [1.54, 1.807) is 0 Å². The van der Waals surface area contributed by atoms with Crippen LogP contribution in [-0.2, 0) is 75.8 Å². The molecule has 24 nitrogen and oxygen atoms in total. The minimum atomic E-state index is -1.00. The van der Waals surface area contributed by atoms with Gasteiger partial charge in [-0.25, -0.2) is 0 Å². The monoisotopic (exact) mass is 1890 g/mol. The molecule has 4 bridgehead atoms. The van der Waals surface area contributed by atoms with Crippen molar-refractivity contribution in [1.82, 2.24) is 0 Å². The number of aliphatic hydroxyl groups is 8. The molecule has 24 heteroatoms. The minimum absolute atomic E-state index is 0.315. The Kier molecular flexibility index (Phi) is 28.6. The van der Waals surface area contributed by atoms with E-state index in [0.717, 1.165) is 105 Å². The maximum atomic E-state index is 11.4. The summed E-state index contributed by atoms with van der Waals surface area (Å²) in [6.45, 7) is 0. The summed E-state index contributed by atoms with van der Waals surface area (Å²) in [6, 6.07) is 64.0. The second-order valence-electron chi connectivity index (χ2n) is 42.4. The number of ether oxygens (including phenoxy) is 16. The van der Waals surface area contributed by atoms with E-state index in [2.05, 4.69) is 48.6 Å². The number of hydrogen-bond acceptors (Lipinski definition) is 24. The topological polar surface area (TPSA) is 310 Å². The van der Waals surface area contributed by atoms with Gasteiger partial charge in [0.2, 0.25) is 0 Å². The highest BCUT2D eigenvalue weighted by molar-refractivity contribution is 5.87. The number of aliphatic hydroxyl groups excluding tert-OH is 8. The van der Waals surface area contributed by atoms with Crippen molar-refractivity contribution in [1.29, 1.82) is 0 Å². The molecule has 38 atom stereocenters. The van der Waals surface area contributed by atoms with Crippen LogP contribution in [0.2, 0.25) is 0 Å². The molecular formula is C114H136O24. The average molecular weight is 1890 g/mol. The zero-order valence-corrected chi connectivity index (χ0v) is 78.4. The van der Waals surface area contributed by atoms with Gasteiger partial charge in [0.25, 0.3) is 0 Å². The third-order valence-corrected chi connectivity index (χ3v) is 33.7. The summed E-state index contributed by atoms with van der Waals surface area (Å²) in [6.07, 6.45) is 19.6. The predicted molar refractivity (Wildman–Crippen MR) is 510 cm³/mol. The molecule has 10 aliphatic carbocycles. The predicted octanol–water partition coefficient (Wildman–Crippen LogP) is 17.2. The molecule has 138 heavy (non-hydrogen) atoms. The zero-order chi connectivity index (χ0) is 93.2. The number of benzene rings is 8. The SMILES string of the molecule is OC1[C@H]2OC(C3CC4C=CC3C4)O[C@H]2C(O)[C@@H]2OC(C3CC4C=CC3C4)O[C@@H]12.OC1[C@H]2OC(C3CCCCCCCCCCC3)O[C@H]2C(O)[C@@H]2OC(C3CCCCCCCCCCC3)O[C@@H]12.OC1[C@H]2OC(c3ccc(-c4ccccc4)cc3)O[C@H]2C(O)[C@@H]2OC(c3ccc(-c4ccccc4)cc3)O[C@@H]12.OC1[C@H]2OC(c3cccc4ccccc34)O[C@H]2C(O)[C@@H]2OC(c3cccc4ccccc34)O[C@@H]12. The summed E-state index contributed by atoms with van der Waals surface area (Å²) < 4.78 is 99.7. The molecule has 8 aromatic rings. The lowest BCUT2D eigenvalue weighted by molar-refractivity contribution is -0.152. The van der Waals surface area contributed by atoms with Crippen LogP contribution < -0.4 is 0 Å². The van der Waals surface area contributed by atoms with Crippen molar-refractivity contribution in [3.8, 4) is 22.3 Å². The second kappa shape index (κ2) is 41.9. The Morgan fingerprint density at radius 1 is 0.196 bits per heavy atom. The Morgan fingerprint density at radius 2 is 0.435 bits per heavy atom. The molecule has 8 saturated heterocycles. The molecule has 8 aliphatic heterocycles. The van der Waals surface area contributed by atoms with E-state index in [9.17, 15) is 40.9 Å². The van der Waals surface area contributed by atoms with Crippen molar-refractivity contribution in [3.05, 3.63) is 241 Å². The van der Waals surface area contributed by atoms with E-state index in [1.807, 2.05) is 170 Å². The van der Waals surface area contributed by atoms with Gasteiger partial charge in [-0.05, 0) is 119 Å². The molecular weight excluding hydrogens is 1750 g/mol. The highest BCUT2D eigenvalue weighted by Crippen LogP contribution is 2.56. The smallest absolute Gasteiger partial charge is 0.185 e. The Morgan fingerprint density at radius 3 is 0.710 bits per heavy atom. The van der Waals surface area contributed by atoms with Crippen LogP contribution in [0.15, 0.2) is 218 Å². The van der Waals surface area contributed by atoms with Gasteiger partial charge in [-0.15, -0.1) is 0 Å². The fourth-order valence-electron chi connectivity index (χ4n) is 26.3. The van der Waals surface area contributed by atoms with Crippen LogP contribution in [0, 0.1) is 47.3 Å². The average Bonchev–Trinajstić information content (AvgIpc) is 1.59. The number of rotatable bonds is 10. The molecule has 0 radical (unpaired) electrons. The normalized spacial score (nSPS) is 41.9. The second-order valence-corrected chi connectivity index (χ2v) is 42.4. The van der Waals surface area contributed by atoms with Gasteiger partial charge in [-0.1, -0.05) is 334 Å². The van der Waals surface area contributed by atoms with Crippen molar-refractivity contribution in [2.75, 3.05) is 0 Å². The van der Waals surface area contributed by atoms with E-state index in [4.69, 9.17) is 75.8 Å². The van der Waals surface area contributed by atoms with Crippen molar-refractivity contribution in [3.63, 3.8) is 0 Å². The number of fused-ring (bicyclic) bond motifs is 14. The lowest BCUT2D eigenvalue weighted by atomic mass is 9.85. The summed E-state index contributed by atoms with van der Waals surface area (Å²) in [5, 5.41) is 93.7. The molecule has 0 amide bonds. The molecule has 0 spiro atoms. The lowest BCUT2D eigenvalue weighted by Gasteiger charge is -2.38. The lowest BCUT2D eigenvalue weighted by Crippen LogP contribution is -2.61. The van der Waals surface area contributed by atoms with Crippen LogP contribution >= 0.6 is 0 Å².